The molecule has 1 rings (SSSR count). The summed E-state index contributed by atoms with van der Waals surface area (Å²) < 4.78 is 13.3. The second-order valence-corrected chi connectivity index (χ2v) is 4.00. The fourth-order valence-corrected chi connectivity index (χ4v) is 1.58. The molecular weight excluding hydrogens is 275 g/mol. The van der Waals surface area contributed by atoms with Gasteiger partial charge in [-0.1, -0.05) is 0 Å². The predicted octanol–water partition coefficient (Wildman–Crippen LogP) is 0.571. The maximum atomic E-state index is 13.3. The van der Waals surface area contributed by atoms with E-state index in [-0.39, 0.29) is 12.0 Å². The molecule has 1 atom stereocenters. The highest BCUT2D eigenvalue weighted by atomic mass is 19.1. The smallest absolute Gasteiger partial charge is 0.326 e. The first-order valence-corrected chi connectivity index (χ1v) is 5.38. The average Bonchev–Trinajstić information content (AvgIpc) is 2.31. The maximum absolute atomic E-state index is 13.3. The summed E-state index contributed by atoms with van der Waals surface area (Å²) in [5.74, 6) is -4.33. The second-order valence-electron chi connectivity index (χ2n) is 4.00. The van der Waals surface area contributed by atoms with E-state index < -0.39 is 40.1 Å². The van der Waals surface area contributed by atoms with E-state index in [1.807, 2.05) is 0 Å². The number of carboxylic acid groups (broad SMARTS) is 1. The highest BCUT2D eigenvalue weighted by Crippen LogP contribution is 2.30. The molecule has 20 heavy (non-hydrogen) atoms. The summed E-state index contributed by atoms with van der Waals surface area (Å²) in [6.07, 6.45) is -0.354. The summed E-state index contributed by atoms with van der Waals surface area (Å²) in [6, 6.07) is 0.284. The summed E-state index contributed by atoms with van der Waals surface area (Å²) in [4.78, 5) is 31.4. The van der Waals surface area contributed by atoms with Crippen molar-refractivity contribution in [3.05, 3.63) is 33.6 Å². The molecule has 1 aromatic carbocycles. The number of nitrogens with one attached hydrogen (secondary N) is 1. The maximum Gasteiger partial charge on any atom is 0.326 e. The van der Waals surface area contributed by atoms with Crippen LogP contribution in [0.25, 0.3) is 0 Å². The Bertz CT molecular complexity index is 574. The van der Waals surface area contributed by atoms with Gasteiger partial charge in [-0.25, -0.2) is 9.18 Å². The van der Waals surface area contributed by atoms with Crippen molar-refractivity contribution >= 4 is 17.6 Å². The van der Waals surface area contributed by atoms with Gasteiger partial charge in [-0.05, 0) is 11.6 Å². The number of rotatable bonds is 5. The molecule has 1 unspecified atom stereocenters. The van der Waals surface area contributed by atoms with Crippen molar-refractivity contribution in [1.82, 2.24) is 5.32 Å². The van der Waals surface area contributed by atoms with Gasteiger partial charge in [0.25, 0.3) is 0 Å². The highest BCUT2D eigenvalue weighted by molar-refractivity contribution is 5.82. The summed E-state index contributed by atoms with van der Waals surface area (Å²) in [6.45, 7) is 1.11. The minimum Gasteiger partial charge on any atom is -0.500 e. The number of phenolic OH excluding ortho intramolecular Hbond substituents is 1. The van der Waals surface area contributed by atoms with E-state index in [1.165, 1.54) is 0 Å². The molecule has 0 heterocycles. The van der Waals surface area contributed by atoms with E-state index in [2.05, 4.69) is 5.32 Å². The molecule has 0 aromatic heterocycles. The van der Waals surface area contributed by atoms with Crippen molar-refractivity contribution in [1.29, 1.82) is 0 Å². The lowest BCUT2D eigenvalue weighted by atomic mass is 10.0. The van der Waals surface area contributed by atoms with Crippen LogP contribution in [0.3, 0.4) is 0 Å². The number of hydrogen-bond acceptors (Lipinski definition) is 5. The zero-order valence-corrected chi connectivity index (χ0v) is 10.3. The van der Waals surface area contributed by atoms with Crippen LogP contribution >= 0.6 is 0 Å². The number of aliphatic carboxylic acids is 1. The first kappa shape index (κ1) is 15.3. The van der Waals surface area contributed by atoms with Crippen LogP contribution in [0, 0.1) is 15.9 Å². The quantitative estimate of drug-likeness (QED) is 0.536. The molecule has 0 fully saturated rings. The molecule has 0 radical (unpaired) electrons. The number of hydrogen-bond donors (Lipinski definition) is 3. The van der Waals surface area contributed by atoms with E-state index in [9.17, 15) is 29.2 Å². The second kappa shape index (κ2) is 5.95. The third kappa shape index (κ3) is 3.64. The topological polar surface area (TPSA) is 130 Å². The Morgan fingerprint density at radius 1 is 1.50 bits per heavy atom. The Hall–Kier alpha value is -2.71. The lowest BCUT2D eigenvalue weighted by Crippen LogP contribution is -2.41. The molecule has 0 aliphatic rings. The van der Waals surface area contributed by atoms with Gasteiger partial charge >= 0.3 is 11.7 Å². The Labute approximate surface area is 112 Å². The van der Waals surface area contributed by atoms with E-state index in [0.29, 0.717) is 0 Å². The van der Waals surface area contributed by atoms with E-state index in [0.717, 1.165) is 19.1 Å². The minimum absolute atomic E-state index is 0.0341. The molecule has 0 saturated carbocycles. The fourth-order valence-electron chi connectivity index (χ4n) is 1.58. The van der Waals surface area contributed by atoms with Crippen LogP contribution in [-0.4, -0.2) is 33.1 Å². The Morgan fingerprint density at radius 3 is 2.55 bits per heavy atom. The van der Waals surface area contributed by atoms with Crippen LogP contribution in [-0.2, 0) is 16.0 Å². The van der Waals surface area contributed by atoms with Crippen LogP contribution in [0.5, 0.6) is 5.75 Å². The Kier molecular flexibility index (Phi) is 4.57. The number of aromatic hydroxyl groups is 1. The summed E-state index contributed by atoms with van der Waals surface area (Å²) >= 11 is 0. The van der Waals surface area contributed by atoms with Crippen molar-refractivity contribution < 1.29 is 29.1 Å². The van der Waals surface area contributed by atoms with Crippen LogP contribution in [0.1, 0.15) is 12.5 Å². The molecule has 3 N–H and O–H groups in total. The molecule has 8 nitrogen and oxygen atoms in total. The molecule has 0 aliphatic heterocycles. The van der Waals surface area contributed by atoms with Gasteiger partial charge in [0.2, 0.25) is 11.7 Å². The van der Waals surface area contributed by atoms with E-state index in [4.69, 9.17) is 5.11 Å². The van der Waals surface area contributed by atoms with Gasteiger partial charge in [-0.15, -0.1) is 0 Å². The third-order valence-corrected chi connectivity index (χ3v) is 2.42. The lowest BCUT2D eigenvalue weighted by molar-refractivity contribution is -0.386. The first-order chi connectivity index (χ1) is 9.22. The molecule has 1 aromatic rings. The molecule has 0 spiro atoms. The van der Waals surface area contributed by atoms with Crippen LogP contribution in [0.4, 0.5) is 10.1 Å². The minimum atomic E-state index is -1.36. The van der Waals surface area contributed by atoms with Gasteiger partial charge in [0.05, 0.1) is 4.92 Å². The van der Waals surface area contributed by atoms with Crippen molar-refractivity contribution in [2.75, 3.05) is 0 Å². The van der Waals surface area contributed by atoms with Crippen LogP contribution < -0.4 is 5.32 Å². The number of benzene rings is 1. The molecule has 9 heteroatoms. The number of amides is 1. The summed E-state index contributed by atoms with van der Waals surface area (Å²) in [7, 11) is 0. The van der Waals surface area contributed by atoms with Gasteiger partial charge in [-0.2, -0.15) is 0 Å². The number of phenols is 1. The molecule has 0 aliphatic carbocycles. The van der Waals surface area contributed by atoms with Crippen molar-refractivity contribution in [2.45, 2.75) is 19.4 Å². The monoisotopic (exact) mass is 286 g/mol. The number of halogens is 1. The molecule has 108 valence electrons. The molecule has 0 bridgehead atoms. The van der Waals surface area contributed by atoms with Gasteiger partial charge in [-0.3, -0.25) is 14.9 Å². The van der Waals surface area contributed by atoms with Gasteiger partial charge in [0.1, 0.15) is 6.04 Å². The zero-order chi connectivity index (χ0) is 15.4. The Balaban J connectivity index is 3.10. The predicted molar refractivity (Wildman–Crippen MR) is 63.7 cm³/mol. The largest absolute Gasteiger partial charge is 0.500 e. The van der Waals surface area contributed by atoms with Crippen molar-refractivity contribution in [2.24, 2.45) is 0 Å². The number of nitrogens with zero attached hydrogens (tertiary/aromatic N) is 1. The zero-order valence-electron chi connectivity index (χ0n) is 10.3. The SMILES string of the molecule is CC(=O)NC(Cc1cc(F)c(O)c([N+](=O)[O-])c1)C(=O)O. The molecular formula is C11H11FN2O6. The van der Waals surface area contributed by atoms with Crippen LogP contribution in [0.2, 0.25) is 0 Å². The van der Waals surface area contributed by atoms with Crippen molar-refractivity contribution in [3.63, 3.8) is 0 Å². The number of carboxylic acids is 1. The van der Waals surface area contributed by atoms with Crippen LogP contribution in [0.15, 0.2) is 12.1 Å². The van der Waals surface area contributed by atoms with Crippen molar-refractivity contribution in [3.8, 4) is 5.75 Å². The summed E-state index contributed by atoms with van der Waals surface area (Å²) in [5.41, 5.74) is -0.903. The van der Waals surface area contributed by atoms with Gasteiger partial charge in [0.15, 0.2) is 5.82 Å². The average molecular weight is 286 g/mol. The first-order valence-electron chi connectivity index (χ1n) is 5.38. The summed E-state index contributed by atoms with van der Waals surface area (Å²) in [5, 5.41) is 30.8. The lowest BCUT2D eigenvalue weighted by Gasteiger charge is -2.13. The number of nitro benzene ring substituents is 1. The van der Waals surface area contributed by atoms with E-state index in [1.54, 1.807) is 0 Å². The molecule has 0 saturated heterocycles. The standard InChI is InChI=1S/C11H11FN2O6/c1-5(15)13-8(11(17)18)3-6-2-7(12)10(16)9(4-6)14(19)20/h2,4,8,16H,3H2,1H3,(H,13,15)(H,17,18). The highest BCUT2D eigenvalue weighted by Gasteiger charge is 2.23. The third-order valence-electron chi connectivity index (χ3n) is 2.42. The Morgan fingerprint density at radius 2 is 2.10 bits per heavy atom. The molecule has 1 amide bonds. The normalized spacial score (nSPS) is 11.7. The van der Waals surface area contributed by atoms with Gasteiger partial charge in [0, 0.05) is 19.4 Å². The van der Waals surface area contributed by atoms with E-state index >= 15 is 0 Å². The number of carbonyl (C=O) groups is 2. The van der Waals surface area contributed by atoms with Gasteiger partial charge < -0.3 is 15.5 Å². The number of nitro groups is 1. The fraction of sp³-hybridized carbons (Fsp3) is 0.273. The number of carbonyl (C=O) groups excluding carboxylic acids is 1.